The molecule has 0 aliphatic rings. The summed E-state index contributed by atoms with van der Waals surface area (Å²) in [5, 5.41) is 20.4. The first-order chi connectivity index (χ1) is 13.7. The number of nitrogens with zero attached hydrogens (tertiary/aromatic N) is 4. The van der Waals surface area contributed by atoms with Gasteiger partial charge in [0, 0.05) is 17.0 Å². The Kier molecular flexibility index (Phi) is 4.99. The van der Waals surface area contributed by atoms with Gasteiger partial charge in [-0.05, 0) is 35.9 Å². The van der Waals surface area contributed by atoms with Crippen molar-refractivity contribution in [3.8, 4) is 6.07 Å². The standard InChI is InChI=1S/C20H14N6OS/c21-9-13-3-1-5-15(7-13)19(27)25-16-6-2-4-14(8-16)11-28-20-17-10-24-26-18(17)22-12-23-20/h1-8,10,12H,11H2,(H,25,27)(H,22,23,24,26). The number of thioether (sulfide) groups is 1. The third kappa shape index (κ3) is 3.84. The Morgan fingerprint density at radius 3 is 2.96 bits per heavy atom. The number of aromatic amines is 1. The highest BCUT2D eigenvalue weighted by Gasteiger charge is 2.09. The molecule has 2 aromatic carbocycles. The van der Waals surface area contributed by atoms with E-state index in [1.165, 1.54) is 6.33 Å². The lowest BCUT2D eigenvalue weighted by atomic mass is 10.1. The van der Waals surface area contributed by atoms with Gasteiger partial charge in [-0.3, -0.25) is 9.89 Å². The van der Waals surface area contributed by atoms with Crippen LogP contribution >= 0.6 is 11.8 Å². The van der Waals surface area contributed by atoms with Crippen molar-refractivity contribution in [3.63, 3.8) is 0 Å². The van der Waals surface area contributed by atoms with E-state index in [2.05, 4.69) is 25.5 Å². The maximum Gasteiger partial charge on any atom is 0.255 e. The first-order valence-electron chi connectivity index (χ1n) is 8.40. The maximum absolute atomic E-state index is 12.4. The van der Waals surface area contributed by atoms with Gasteiger partial charge in [-0.25, -0.2) is 9.97 Å². The molecule has 0 aliphatic carbocycles. The summed E-state index contributed by atoms with van der Waals surface area (Å²) in [4.78, 5) is 20.9. The van der Waals surface area contributed by atoms with Crippen molar-refractivity contribution >= 4 is 34.4 Å². The molecular formula is C20H14N6OS. The zero-order valence-electron chi connectivity index (χ0n) is 14.6. The van der Waals surface area contributed by atoms with Crippen molar-refractivity contribution in [2.75, 3.05) is 5.32 Å². The second kappa shape index (κ2) is 7.90. The minimum absolute atomic E-state index is 0.252. The molecule has 8 heteroatoms. The van der Waals surface area contributed by atoms with E-state index in [0.717, 1.165) is 16.0 Å². The molecule has 0 unspecified atom stereocenters. The molecule has 0 saturated heterocycles. The molecule has 0 atom stereocenters. The molecule has 2 heterocycles. The maximum atomic E-state index is 12.4. The summed E-state index contributed by atoms with van der Waals surface area (Å²) in [7, 11) is 0. The Balaban J connectivity index is 1.46. The molecule has 136 valence electrons. The number of carbonyl (C=O) groups is 1. The number of nitrogens with one attached hydrogen (secondary N) is 2. The molecule has 2 aromatic heterocycles. The molecule has 28 heavy (non-hydrogen) atoms. The average molecular weight is 386 g/mol. The van der Waals surface area contributed by atoms with E-state index in [4.69, 9.17) is 5.26 Å². The Hall–Kier alpha value is -3.70. The number of amides is 1. The number of anilines is 1. The molecule has 2 N–H and O–H groups in total. The van der Waals surface area contributed by atoms with Crippen molar-refractivity contribution in [3.05, 3.63) is 77.7 Å². The van der Waals surface area contributed by atoms with Gasteiger partial charge in [-0.1, -0.05) is 18.2 Å². The van der Waals surface area contributed by atoms with E-state index in [0.29, 0.717) is 28.2 Å². The molecule has 0 fully saturated rings. The lowest BCUT2D eigenvalue weighted by Gasteiger charge is -2.08. The molecule has 1 amide bonds. The number of benzene rings is 2. The highest BCUT2D eigenvalue weighted by molar-refractivity contribution is 7.98. The van der Waals surface area contributed by atoms with E-state index in [-0.39, 0.29) is 5.91 Å². The van der Waals surface area contributed by atoms with Crippen LogP contribution in [0.4, 0.5) is 5.69 Å². The predicted octanol–water partition coefficient (Wildman–Crippen LogP) is 3.77. The van der Waals surface area contributed by atoms with Gasteiger partial charge in [0.1, 0.15) is 11.4 Å². The van der Waals surface area contributed by atoms with Gasteiger partial charge in [0.05, 0.1) is 23.2 Å². The van der Waals surface area contributed by atoms with Gasteiger partial charge in [0.25, 0.3) is 5.91 Å². The van der Waals surface area contributed by atoms with Crippen molar-refractivity contribution in [1.82, 2.24) is 20.2 Å². The molecule has 4 rings (SSSR count). The van der Waals surface area contributed by atoms with E-state index < -0.39 is 0 Å². The van der Waals surface area contributed by atoms with E-state index in [9.17, 15) is 4.79 Å². The lowest BCUT2D eigenvalue weighted by Crippen LogP contribution is -2.12. The molecule has 0 aliphatic heterocycles. The number of H-pyrrole nitrogens is 1. The van der Waals surface area contributed by atoms with Crippen LogP contribution in [-0.4, -0.2) is 26.1 Å². The summed E-state index contributed by atoms with van der Waals surface area (Å²) >= 11 is 1.58. The van der Waals surface area contributed by atoms with Crippen LogP contribution in [-0.2, 0) is 5.75 Å². The number of nitriles is 1. The highest BCUT2D eigenvalue weighted by atomic mass is 32.2. The predicted molar refractivity (Wildman–Crippen MR) is 107 cm³/mol. The van der Waals surface area contributed by atoms with Crippen molar-refractivity contribution < 1.29 is 4.79 Å². The fourth-order valence-corrected chi connectivity index (χ4v) is 3.59. The number of hydrogen-bond acceptors (Lipinski definition) is 6. The SMILES string of the molecule is N#Cc1cccc(C(=O)Nc2cccc(CSc3ncnc4[nH]ncc34)c2)c1. The van der Waals surface area contributed by atoms with Crippen LogP contribution in [0.2, 0.25) is 0 Å². The first-order valence-corrected chi connectivity index (χ1v) is 9.39. The van der Waals surface area contributed by atoms with Crippen LogP contribution in [0.15, 0.2) is 66.1 Å². The van der Waals surface area contributed by atoms with Crippen LogP contribution in [0, 0.1) is 11.3 Å². The summed E-state index contributed by atoms with van der Waals surface area (Å²) < 4.78 is 0. The van der Waals surface area contributed by atoms with Crippen LogP contribution in [0.5, 0.6) is 0 Å². The van der Waals surface area contributed by atoms with Crippen molar-refractivity contribution in [2.24, 2.45) is 0 Å². The zero-order chi connectivity index (χ0) is 19.3. The molecule has 0 saturated carbocycles. The first kappa shape index (κ1) is 17.7. The quantitative estimate of drug-likeness (QED) is 0.399. The van der Waals surface area contributed by atoms with Gasteiger partial charge in [0.15, 0.2) is 5.65 Å². The van der Waals surface area contributed by atoms with Crippen LogP contribution in [0.25, 0.3) is 11.0 Å². The van der Waals surface area contributed by atoms with Gasteiger partial charge in [-0.2, -0.15) is 10.4 Å². The molecule has 0 radical (unpaired) electrons. The Morgan fingerprint density at radius 1 is 1.18 bits per heavy atom. The van der Waals surface area contributed by atoms with E-state index >= 15 is 0 Å². The minimum atomic E-state index is -0.252. The normalized spacial score (nSPS) is 10.5. The Labute approximate surface area is 164 Å². The van der Waals surface area contributed by atoms with E-state index in [1.54, 1.807) is 42.2 Å². The fourth-order valence-electron chi connectivity index (χ4n) is 2.68. The third-order valence-electron chi connectivity index (χ3n) is 4.03. The number of rotatable bonds is 5. The highest BCUT2D eigenvalue weighted by Crippen LogP contribution is 2.27. The van der Waals surface area contributed by atoms with Crippen LogP contribution in [0.1, 0.15) is 21.5 Å². The summed E-state index contributed by atoms with van der Waals surface area (Å²) in [5.41, 5.74) is 3.35. The zero-order valence-corrected chi connectivity index (χ0v) is 15.4. The summed E-state index contributed by atoms with van der Waals surface area (Å²) in [6.45, 7) is 0. The topological polar surface area (TPSA) is 107 Å². The third-order valence-corrected chi connectivity index (χ3v) is 5.10. The van der Waals surface area contributed by atoms with Crippen molar-refractivity contribution in [2.45, 2.75) is 10.8 Å². The summed E-state index contributed by atoms with van der Waals surface area (Å²) in [5.74, 6) is 0.433. The average Bonchev–Trinajstić information content (AvgIpc) is 3.22. The van der Waals surface area contributed by atoms with Crippen LogP contribution in [0.3, 0.4) is 0 Å². The van der Waals surface area contributed by atoms with Gasteiger partial charge in [0.2, 0.25) is 0 Å². The van der Waals surface area contributed by atoms with Crippen LogP contribution < -0.4 is 5.32 Å². The van der Waals surface area contributed by atoms with Crippen molar-refractivity contribution in [1.29, 1.82) is 5.26 Å². The number of carbonyl (C=O) groups excluding carboxylic acids is 1. The largest absolute Gasteiger partial charge is 0.322 e. The Bertz CT molecular complexity index is 1200. The Morgan fingerprint density at radius 2 is 2.07 bits per heavy atom. The second-order valence-electron chi connectivity index (χ2n) is 5.95. The second-order valence-corrected chi connectivity index (χ2v) is 6.91. The lowest BCUT2D eigenvalue weighted by molar-refractivity contribution is 0.102. The summed E-state index contributed by atoms with van der Waals surface area (Å²) in [6, 6.07) is 16.3. The molecule has 7 nitrogen and oxygen atoms in total. The van der Waals surface area contributed by atoms with Gasteiger partial charge in [-0.15, -0.1) is 11.8 Å². The number of aromatic nitrogens is 4. The smallest absolute Gasteiger partial charge is 0.255 e. The minimum Gasteiger partial charge on any atom is -0.322 e. The van der Waals surface area contributed by atoms with Gasteiger partial charge >= 0.3 is 0 Å². The molecular weight excluding hydrogens is 372 g/mol. The van der Waals surface area contributed by atoms with E-state index in [1.807, 2.05) is 30.3 Å². The molecule has 0 spiro atoms. The number of hydrogen-bond donors (Lipinski definition) is 2. The van der Waals surface area contributed by atoms with Gasteiger partial charge < -0.3 is 5.32 Å². The summed E-state index contributed by atoms with van der Waals surface area (Å²) in [6.07, 6.45) is 3.22. The molecule has 0 bridgehead atoms. The molecule has 4 aromatic rings. The number of fused-ring (bicyclic) bond motifs is 1. The monoisotopic (exact) mass is 386 g/mol. The fraction of sp³-hybridized carbons (Fsp3) is 0.0500.